The van der Waals surface area contributed by atoms with Crippen molar-refractivity contribution in [1.29, 1.82) is 0 Å². The summed E-state index contributed by atoms with van der Waals surface area (Å²) in [5.41, 5.74) is 0. The highest BCUT2D eigenvalue weighted by Crippen LogP contribution is 2.17. The minimum Gasteiger partial charge on any atom is -0.463 e. The van der Waals surface area contributed by atoms with Crippen LogP contribution in [0, 0.1) is 0 Å². The van der Waals surface area contributed by atoms with Crippen molar-refractivity contribution in [2.24, 2.45) is 0 Å². The Balaban J connectivity index is 3.57. The maximum atomic E-state index is 11.0. The Labute approximate surface area is 117 Å². The van der Waals surface area contributed by atoms with Crippen molar-refractivity contribution in [3.63, 3.8) is 0 Å². The van der Waals surface area contributed by atoms with E-state index in [1.807, 2.05) is 0 Å². The Morgan fingerprint density at radius 3 is 2.11 bits per heavy atom. The number of hydrogen-bond donors (Lipinski definition) is 0. The highest BCUT2D eigenvalue weighted by atomic mass is 28.4. The molecule has 0 aliphatic carbocycles. The van der Waals surface area contributed by atoms with Crippen LogP contribution in [-0.2, 0) is 22.8 Å². The number of unbranched alkanes of at least 4 members (excludes halogenated alkanes) is 3. The van der Waals surface area contributed by atoms with Crippen molar-refractivity contribution in [3.05, 3.63) is 12.2 Å². The zero-order valence-electron chi connectivity index (χ0n) is 12.4. The van der Waals surface area contributed by atoms with Gasteiger partial charge in [-0.3, -0.25) is 0 Å². The second-order valence-corrected chi connectivity index (χ2v) is 7.22. The number of ether oxygens (including phenoxy) is 1. The minimum absolute atomic E-state index is 0.271. The Morgan fingerprint density at radius 1 is 1.00 bits per heavy atom. The van der Waals surface area contributed by atoms with Crippen LogP contribution in [0.2, 0.25) is 6.04 Å². The molecule has 0 heterocycles. The zero-order chi connectivity index (χ0) is 14.6. The molecule has 112 valence electrons. The normalized spacial score (nSPS) is 12.0. The monoisotopic (exact) mass is 290 g/mol. The number of esters is 1. The fourth-order valence-corrected chi connectivity index (χ4v) is 3.51. The SMILES string of the molecule is CC=CC(=O)OCCCCCC[Si](OC)(OC)OC. The van der Waals surface area contributed by atoms with E-state index in [0.717, 1.165) is 31.7 Å². The molecule has 0 aromatic rings. The average Bonchev–Trinajstić information content (AvgIpc) is 2.43. The first kappa shape index (κ1) is 18.3. The molecule has 0 fully saturated rings. The van der Waals surface area contributed by atoms with Gasteiger partial charge in [-0.2, -0.15) is 0 Å². The van der Waals surface area contributed by atoms with Crippen molar-refractivity contribution >= 4 is 14.8 Å². The topological polar surface area (TPSA) is 54.0 Å². The molecule has 0 aliphatic rings. The maximum Gasteiger partial charge on any atom is 0.500 e. The van der Waals surface area contributed by atoms with Crippen LogP contribution in [0.5, 0.6) is 0 Å². The molecule has 0 aromatic heterocycles. The van der Waals surface area contributed by atoms with E-state index in [1.165, 1.54) is 6.08 Å². The number of allylic oxidation sites excluding steroid dienone is 1. The first-order chi connectivity index (χ1) is 9.14. The van der Waals surface area contributed by atoms with E-state index < -0.39 is 8.80 Å². The molecule has 6 heteroatoms. The lowest BCUT2D eigenvalue weighted by molar-refractivity contribution is -0.137. The molecule has 0 unspecified atom stereocenters. The molecule has 19 heavy (non-hydrogen) atoms. The summed E-state index contributed by atoms with van der Waals surface area (Å²) in [6.07, 6.45) is 7.04. The van der Waals surface area contributed by atoms with Crippen LogP contribution >= 0.6 is 0 Å². The van der Waals surface area contributed by atoms with Gasteiger partial charge in [0.1, 0.15) is 0 Å². The van der Waals surface area contributed by atoms with E-state index in [4.69, 9.17) is 18.0 Å². The summed E-state index contributed by atoms with van der Waals surface area (Å²) in [7, 11) is 2.47. The summed E-state index contributed by atoms with van der Waals surface area (Å²) >= 11 is 0. The van der Waals surface area contributed by atoms with Gasteiger partial charge in [-0.15, -0.1) is 0 Å². The predicted molar refractivity (Wildman–Crippen MR) is 75.8 cm³/mol. The molecular formula is C13H26O5Si. The van der Waals surface area contributed by atoms with E-state index in [0.29, 0.717) is 6.61 Å². The summed E-state index contributed by atoms with van der Waals surface area (Å²) < 4.78 is 21.0. The smallest absolute Gasteiger partial charge is 0.463 e. The molecule has 0 rings (SSSR count). The van der Waals surface area contributed by atoms with Crippen LogP contribution in [0.4, 0.5) is 0 Å². The van der Waals surface area contributed by atoms with Crippen molar-refractivity contribution < 1.29 is 22.8 Å². The summed E-state index contributed by atoms with van der Waals surface area (Å²) in [5, 5.41) is 0. The van der Waals surface area contributed by atoms with E-state index >= 15 is 0 Å². The fourth-order valence-electron chi connectivity index (χ4n) is 1.71. The molecule has 0 aromatic carbocycles. The minimum atomic E-state index is -2.41. The Morgan fingerprint density at radius 2 is 1.58 bits per heavy atom. The second-order valence-electron chi connectivity index (χ2n) is 4.13. The fraction of sp³-hybridized carbons (Fsp3) is 0.769. The first-order valence-electron chi connectivity index (χ1n) is 6.59. The third-order valence-electron chi connectivity index (χ3n) is 2.86. The highest BCUT2D eigenvalue weighted by molar-refractivity contribution is 6.60. The maximum absolute atomic E-state index is 11.0. The largest absolute Gasteiger partial charge is 0.500 e. The quantitative estimate of drug-likeness (QED) is 0.253. The van der Waals surface area contributed by atoms with Crippen molar-refractivity contribution in [3.8, 4) is 0 Å². The van der Waals surface area contributed by atoms with E-state index in [-0.39, 0.29) is 5.97 Å². The molecule has 0 saturated heterocycles. The summed E-state index contributed by atoms with van der Waals surface area (Å²) in [6.45, 7) is 2.27. The van der Waals surface area contributed by atoms with Crippen LogP contribution in [0.3, 0.4) is 0 Å². The lowest BCUT2D eigenvalue weighted by atomic mass is 10.2. The third-order valence-corrected chi connectivity index (χ3v) is 5.69. The van der Waals surface area contributed by atoms with Crippen LogP contribution in [-0.4, -0.2) is 42.7 Å². The lowest BCUT2D eigenvalue weighted by Crippen LogP contribution is -2.42. The standard InChI is InChI=1S/C13H26O5Si/c1-5-10-13(14)18-11-8-6-7-9-12-19(15-2,16-3)17-4/h5,10H,6-9,11-12H2,1-4H3. The molecule has 0 aliphatic heterocycles. The van der Waals surface area contributed by atoms with Gasteiger partial charge < -0.3 is 18.0 Å². The van der Waals surface area contributed by atoms with Crippen LogP contribution in [0.15, 0.2) is 12.2 Å². The molecule has 0 bridgehead atoms. The van der Waals surface area contributed by atoms with Crippen LogP contribution < -0.4 is 0 Å². The van der Waals surface area contributed by atoms with Gasteiger partial charge in [0.15, 0.2) is 0 Å². The molecule has 0 N–H and O–H groups in total. The highest BCUT2D eigenvalue weighted by Gasteiger charge is 2.36. The van der Waals surface area contributed by atoms with Crippen molar-refractivity contribution in [2.75, 3.05) is 27.9 Å². The van der Waals surface area contributed by atoms with Crippen LogP contribution in [0.25, 0.3) is 0 Å². The van der Waals surface area contributed by atoms with Gasteiger partial charge in [0.2, 0.25) is 0 Å². The lowest BCUT2D eigenvalue weighted by Gasteiger charge is -2.24. The van der Waals surface area contributed by atoms with E-state index in [2.05, 4.69) is 0 Å². The average molecular weight is 290 g/mol. The number of hydrogen-bond acceptors (Lipinski definition) is 5. The number of rotatable bonds is 11. The third kappa shape index (κ3) is 8.15. The van der Waals surface area contributed by atoms with Crippen molar-refractivity contribution in [2.45, 2.75) is 38.7 Å². The molecule has 0 spiro atoms. The number of carbonyl (C=O) groups is 1. The summed E-state index contributed by atoms with van der Waals surface area (Å²) in [5.74, 6) is -0.271. The van der Waals surface area contributed by atoms with Crippen LogP contribution in [0.1, 0.15) is 32.6 Å². The van der Waals surface area contributed by atoms with Gasteiger partial charge in [0.25, 0.3) is 0 Å². The Bertz CT molecular complexity index is 255. The van der Waals surface area contributed by atoms with Crippen molar-refractivity contribution in [1.82, 2.24) is 0 Å². The first-order valence-corrected chi connectivity index (χ1v) is 8.52. The molecule has 0 radical (unpaired) electrons. The summed E-state index contributed by atoms with van der Waals surface area (Å²) in [4.78, 5) is 11.0. The predicted octanol–water partition coefficient (Wildman–Crippen LogP) is 2.54. The Kier molecular flexibility index (Phi) is 10.8. The molecule has 0 amide bonds. The molecule has 0 saturated carbocycles. The van der Waals surface area contributed by atoms with Gasteiger partial charge in [0.05, 0.1) is 6.61 Å². The number of carbonyl (C=O) groups excluding carboxylic acids is 1. The molecule has 0 atom stereocenters. The van der Waals surface area contributed by atoms with Gasteiger partial charge in [-0.25, -0.2) is 4.79 Å². The molecule has 5 nitrogen and oxygen atoms in total. The zero-order valence-corrected chi connectivity index (χ0v) is 13.4. The van der Waals surface area contributed by atoms with Gasteiger partial charge in [0, 0.05) is 33.4 Å². The summed E-state index contributed by atoms with van der Waals surface area (Å²) in [6, 6.07) is 0.814. The van der Waals surface area contributed by atoms with E-state index in [1.54, 1.807) is 34.3 Å². The van der Waals surface area contributed by atoms with E-state index in [9.17, 15) is 4.79 Å². The van der Waals surface area contributed by atoms with Gasteiger partial charge in [-0.05, 0) is 19.8 Å². The Hall–Kier alpha value is -0.693. The molecular weight excluding hydrogens is 264 g/mol. The second kappa shape index (κ2) is 11.2. The van der Waals surface area contributed by atoms with Gasteiger partial charge >= 0.3 is 14.8 Å². The van der Waals surface area contributed by atoms with Gasteiger partial charge in [-0.1, -0.05) is 18.9 Å².